The summed E-state index contributed by atoms with van der Waals surface area (Å²) in [5, 5.41) is 20.7. The third-order valence-electron chi connectivity index (χ3n) is 3.91. The summed E-state index contributed by atoms with van der Waals surface area (Å²) in [5.41, 5.74) is 0.118. The van der Waals surface area contributed by atoms with Crippen LogP contribution in [0.3, 0.4) is 0 Å². The van der Waals surface area contributed by atoms with Crippen molar-refractivity contribution in [1.82, 2.24) is 0 Å². The van der Waals surface area contributed by atoms with Crippen LogP contribution in [0.4, 0.5) is 0 Å². The van der Waals surface area contributed by atoms with Crippen molar-refractivity contribution in [3.05, 3.63) is 34.9 Å². The second-order valence-corrected chi connectivity index (χ2v) is 5.58. The number of aliphatic hydroxyl groups is 1. The summed E-state index contributed by atoms with van der Waals surface area (Å²) in [6.45, 7) is 0. The molecule has 18 heavy (non-hydrogen) atoms. The maximum atomic E-state index is 10.6. The Morgan fingerprint density at radius 2 is 1.89 bits per heavy atom. The minimum absolute atomic E-state index is 0.605. The van der Waals surface area contributed by atoms with Gasteiger partial charge in [0.2, 0.25) is 0 Å². The fraction of sp³-hybridized carbons (Fsp3) is 0.533. The van der Waals surface area contributed by atoms with Gasteiger partial charge < -0.3 is 5.11 Å². The molecular weight excluding hydrogens is 246 g/mol. The van der Waals surface area contributed by atoms with Crippen molar-refractivity contribution < 1.29 is 5.11 Å². The van der Waals surface area contributed by atoms with Gasteiger partial charge in [-0.25, -0.2) is 0 Å². The second-order valence-electron chi connectivity index (χ2n) is 5.14. The zero-order chi connectivity index (χ0) is 13.0. The monoisotopic (exact) mass is 263 g/mol. The van der Waals surface area contributed by atoms with Gasteiger partial charge in [0.25, 0.3) is 0 Å². The molecule has 1 aliphatic rings. The van der Waals surface area contributed by atoms with Crippen molar-refractivity contribution in [1.29, 1.82) is 5.26 Å². The van der Waals surface area contributed by atoms with Crippen LogP contribution in [0.25, 0.3) is 0 Å². The highest BCUT2D eigenvalue weighted by molar-refractivity contribution is 6.30. The standard InChI is InChI=1S/C15H18ClNO/c16-13-7-5-6-12(10-13)14(18)15(11-17)8-3-1-2-4-9-15/h5-7,10,14,18H,1-4,8-9H2. The fourth-order valence-corrected chi connectivity index (χ4v) is 3.00. The van der Waals surface area contributed by atoms with E-state index in [0.717, 1.165) is 44.1 Å². The lowest BCUT2D eigenvalue weighted by molar-refractivity contribution is 0.0516. The van der Waals surface area contributed by atoms with Gasteiger partial charge in [-0.1, -0.05) is 49.4 Å². The Balaban J connectivity index is 2.29. The lowest BCUT2D eigenvalue weighted by Crippen LogP contribution is -2.27. The van der Waals surface area contributed by atoms with E-state index in [2.05, 4.69) is 6.07 Å². The molecule has 2 rings (SSSR count). The number of rotatable bonds is 2. The number of nitriles is 1. The minimum atomic E-state index is -0.737. The van der Waals surface area contributed by atoms with E-state index in [9.17, 15) is 10.4 Å². The molecule has 1 fully saturated rings. The molecule has 3 heteroatoms. The summed E-state index contributed by atoms with van der Waals surface area (Å²) in [4.78, 5) is 0. The van der Waals surface area contributed by atoms with Crippen LogP contribution < -0.4 is 0 Å². The van der Waals surface area contributed by atoms with E-state index in [1.165, 1.54) is 0 Å². The zero-order valence-corrected chi connectivity index (χ0v) is 11.2. The summed E-state index contributed by atoms with van der Waals surface area (Å²) < 4.78 is 0. The Kier molecular flexibility index (Phi) is 4.27. The quantitative estimate of drug-likeness (QED) is 0.811. The van der Waals surface area contributed by atoms with Crippen molar-refractivity contribution in [2.24, 2.45) is 5.41 Å². The molecule has 0 bridgehead atoms. The topological polar surface area (TPSA) is 44.0 Å². The highest BCUT2D eigenvalue weighted by atomic mass is 35.5. The Morgan fingerprint density at radius 3 is 2.44 bits per heavy atom. The normalized spacial score (nSPS) is 20.7. The molecule has 1 unspecified atom stereocenters. The van der Waals surface area contributed by atoms with Gasteiger partial charge in [-0.15, -0.1) is 0 Å². The molecule has 0 saturated heterocycles. The smallest absolute Gasteiger partial charge is 0.0976 e. The van der Waals surface area contributed by atoms with E-state index >= 15 is 0 Å². The predicted octanol–water partition coefficient (Wildman–Crippen LogP) is 4.24. The fourth-order valence-electron chi connectivity index (χ4n) is 2.80. The largest absolute Gasteiger partial charge is 0.387 e. The van der Waals surface area contributed by atoms with Crippen LogP contribution in [0.5, 0.6) is 0 Å². The summed E-state index contributed by atoms with van der Waals surface area (Å²) in [6.07, 6.45) is 5.17. The van der Waals surface area contributed by atoms with Gasteiger partial charge in [0.1, 0.15) is 0 Å². The van der Waals surface area contributed by atoms with Crippen molar-refractivity contribution in [2.75, 3.05) is 0 Å². The summed E-state index contributed by atoms with van der Waals surface area (Å²) in [5.74, 6) is 0. The van der Waals surface area contributed by atoms with Crippen LogP contribution in [0.1, 0.15) is 50.2 Å². The van der Waals surface area contributed by atoms with Crippen LogP contribution in [0.2, 0.25) is 5.02 Å². The number of hydrogen-bond donors (Lipinski definition) is 1. The highest BCUT2D eigenvalue weighted by Gasteiger charge is 2.39. The number of hydrogen-bond acceptors (Lipinski definition) is 2. The molecule has 0 spiro atoms. The average Bonchev–Trinajstić information content (AvgIpc) is 2.64. The lowest BCUT2D eigenvalue weighted by Gasteiger charge is -2.30. The SMILES string of the molecule is N#CC1(C(O)c2cccc(Cl)c2)CCCCCC1. The van der Waals surface area contributed by atoms with Gasteiger partial charge >= 0.3 is 0 Å². The van der Waals surface area contributed by atoms with E-state index in [-0.39, 0.29) is 0 Å². The molecule has 0 aliphatic heterocycles. The van der Waals surface area contributed by atoms with Gasteiger partial charge in [0.15, 0.2) is 0 Å². The molecule has 1 saturated carbocycles. The first-order chi connectivity index (χ1) is 8.68. The molecule has 2 nitrogen and oxygen atoms in total. The first kappa shape index (κ1) is 13.4. The maximum absolute atomic E-state index is 10.6. The molecule has 0 radical (unpaired) electrons. The molecule has 1 aromatic rings. The van der Waals surface area contributed by atoms with Crippen LogP contribution in [0.15, 0.2) is 24.3 Å². The second kappa shape index (κ2) is 5.73. The van der Waals surface area contributed by atoms with Crippen molar-refractivity contribution in [3.63, 3.8) is 0 Å². The van der Waals surface area contributed by atoms with Crippen LogP contribution >= 0.6 is 11.6 Å². The van der Waals surface area contributed by atoms with E-state index in [1.807, 2.05) is 12.1 Å². The summed E-state index contributed by atoms with van der Waals surface area (Å²) >= 11 is 5.95. The maximum Gasteiger partial charge on any atom is 0.0976 e. The van der Waals surface area contributed by atoms with E-state index in [0.29, 0.717) is 5.02 Å². The molecule has 0 aromatic heterocycles. The number of halogens is 1. The molecule has 1 N–H and O–H groups in total. The van der Waals surface area contributed by atoms with Gasteiger partial charge in [-0.2, -0.15) is 5.26 Å². The summed E-state index contributed by atoms with van der Waals surface area (Å²) in [6, 6.07) is 9.59. The van der Waals surface area contributed by atoms with Gasteiger partial charge in [0.05, 0.1) is 17.6 Å². The molecular formula is C15H18ClNO. The molecule has 0 amide bonds. The molecule has 1 aliphatic carbocycles. The van der Waals surface area contributed by atoms with Crippen molar-refractivity contribution in [2.45, 2.75) is 44.6 Å². The van der Waals surface area contributed by atoms with Crippen molar-refractivity contribution >= 4 is 11.6 Å². The van der Waals surface area contributed by atoms with E-state index < -0.39 is 11.5 Å². The van der Waals surface area contributed by atoms with E-state index in [4.69, 9.17) is 11.6 Å². The number of aliphatic hydroxyl groups excluding tert-OH is 1. The third kappa shape index (κ3) is 2.68. The molecule has 96 valence electrons. The first-order valence-corrected chi connectivity index (χ1v) is 6.90. The zero-order valence-electron chi connectivity index (χ0n) is 10.4. The summed E-state index contributed by atoms with van der Waals surface area (Å²) in [7, 11) is 0. The van der Waals surface area contributed by atoms with Gasteiger partial charge in [-0.05, 0) is 30.5 Å². The Morgan fingerprint density at radius 1 is 1.22 bits per heavy atom. The first-order valence-electron chi connectivity index (χ1n) is 6.53. The average molecular weight is 264 g/mol. The number of benzene rings is 1. The Bertz CT molecular complexity index is 444. The molecule has 1 aromatic carbocycles. The van der Waals surface area contributed by atoms with E-state index in [1.54, 1.807) is 12.1 Å². The van der Waals surface area contributed by atoms with Crippen LogP contribution in [-0.2, 0) is 0 Å². The lowest BCUT2D eigenvalue weighted by atomic mass is 9.74. The van der Waals surface area contributed by atoms with Crippen LogP contribution in [0, 0.1) is 16.7 Å². The molecule has 0 heterocycles. The Labute approximate surface area is 113 Å². The van der Waals surface area contributed by atoms with Gasteiger partial charge in [-0.3, -0.25) is 0 Å². The molecule has 1 atom stereocenters. The van der Waals surface area contributed by atoms with Gasteiger partial charge in [0, 0.05) is 5.02 Å². The minimum Gasteiger partial charge on any atom is -0.387 e. The highest BCUT2D eigenvalue weighted by Crippen LogP contribution is 2.44. The Hall–Kier alpha value is -1.04. The van der Waals surface area contributed by atoms with Crippen molar-refractivity contribution in [3.8, 4) is 6.07 Å². The third-order valence-corrected chi connectivity index (χ3v) is 4.14. The van der Waals surface area contributed by atoms with Crippen LogP contribution in [-0.4, -0.2) is 5.11 Å². The number of nitrogens with zero attached hydrogens (tertiary/aromatic N) is 1. The predicted molar refractivity (Wildman–Crippen MR) is 72.2 cm³/mol.